The van der Waals surface area contributed by atoms with Crippen LogP contribution < -0.4 is 10.4 Å². The summed E-state index contributed by atoms with van der Waals surface area (Å²) in [7, 11) is 0. The summed E-state index contributed by atoms with van der Waals surface area (Å²) in [4.78, 5) is 26.3. The number of fused-ring (bicyclic) bond motifs is 4. The Bertz CT molecular complexity index is 1320. The van der Waals surface area contributed by atoms with Gasteiger partial charge >= 0.3 is 0 Å². The van der Waals surface area contributed by atoms with E-state index in [1.165, 1.54) is 0 Å². The molecule has 2 nitrogen and oxygen atoms in total. The normalized spacial score (nSPS) is 20.0. The van der Waals surface area contributed by atoms with Crippen molar-refractivity contribution in [1.82, 2.24) is 0 Å². The molecule has 130 valence electrons. The maximum absolute atomic E-state index is 13.2. The van der Waals surface area contributed by atoms with Crippen LogP contribution in [0.5, 0.6) is 0 Å². The average Bonchev–Trinajstić information content (AvgIpc) is 2.69. The first-order valence-electron chi connectivity index (χ1n) is 9.24. The summed E-state index contributed by atoms with van der Waals surface area (Å²) in [6.45, 7) is 1.93. The number of benzene rings is 3. The quantitative estimate of drug-likeness (QED) is 0.676. The molecule has 2 heteroatoms. The van der Waals surface area contributed by atoms with E-state index < -0.39 is 5.92 Å². The standard InChI is InChI=1S/C25H18O2/c1-15-13-18-11-12-20-19-10-6-5-9-17(19)14-21(26)24(20)22(18)23(25(15)27)16-7-3-2-4-8-16/h2-15,23H,1H3. The van der Waals surface area contributed by atoms with Crippen molar-refractivity contribution in [2.75, 3.05) is 0 Å². The maximum atomic E-state index is 13.2. The number of hydrogen-bond acceptors (Lipinski definition) is 2. The molecular weight excluding hydrogens is 332 g/mol. The molecule has 0 aromatic heterocycles. The van der Waals surface area contributed by atoms with Gasteiger partial charge in [-0.25, -0.2) is 0 Å². The molecule has 0 saturated heterocycles. The summed E-state index contributed by atoms with van der Waals surface area (Å²) < 4.78 is 0. The average molecular weight is 350 g/mol. The van der Waals surface area contributed by atoms with Crippen molar-refractivity contribution in [3.05, 3.63) is 104 Å². The molecule has 2 atom stereocenters. The van der Waals surface area contributed by atoms with Gasteiger partial charge in [-0.3, -0.25) is 9.59 Å². The van der Waals surface area contributed by atoms with Crippen molar-refractivity contribution in [3.8, 4) is 0 Å². The van der Waals surface area contributed by atoms with E-state index in [9.17, 15) is 9.59 Å². The van der Waals surface area contributed by atoms with Gasteiger partial charge < -0.3 is 0 Å². The maximum Gasteiger partial charge on any atom is 0.187 e. The van der Waals surface area contributed by atoms with Gasteiger partial charge in [-0.1, -0.05) is 79.7 Å². The molecule has 0 heterocycles. The Hall–Kier alpha value is -3.26. The summed E-state index contributed by atoms with van der Waals surface area (Å²) in [6.07, 6.45) is 3.69. The number of ketones is 2. The van der Waals surface area contributed by atoms with Crippen molar-refractivity contribution in [3.63, 3.8) is 0 Å². The van der Waals surface area contributed by atoms with E-state index in [0.717, 1.165) is 32.0 Å². The number of hydrogen-bond donors (Lipinski definition) is 0. The van der Waals surface area contributed by atoms with E-state index in [1.54, 1.807) is 6.08 Å². The smallest absolute Gasteiger partial charge is 0.187 e. The Morgan fingerprint density at radius 1 is 0.741 bits per heavy atom. The van der Waals surface area contributed by atoms with Gasteiger partial charge in [0.2, 0.25) is 0 Å². The molecular formula is C25H18O2. The number of Topliss-reactive ketones (excluding diaryl/α,β-unsaturated/α-hetero) is 2. The Labute approximate surface area is 156 Å². The van der Waals surface area contributed by atoms with Crippen molar-refractivity contribution in [1.29, 1.82) is 0 Å². The minimum Gasteiger partial charge on any atom is -0.298 e. The van der Waals surface area contributed by atoms with Gasteiger partial charge in [0.05, 0.1) is 5.92 Å². The van der Waals surface area contributed by atoms with Crippen molar-refractivity contribution < 1.29 is 9.59 Å². The lowest BCUT2D eigenvalue weighted by Crippen LogP contribution is -2.34. The third-order valence-electron chi connectivity index (χ3n) is 5.65. The van der Waals surface area contributed by atoms with Gasteiger partial charge in [-0.2, -0.15) is 0 Å². The first-order chi connectivity index (χ1) is 13.1. The van der Waals surface area contributed by atoms with Gasteiger partial charge in [-0.05, 0) is 38.1 Å². The second-order valence-corrected chi connectivity index (χ2v) is 7.29. The van der Waals surface area contributed by atoms with Crippen LogP contribution in [0.3, 0.4) is 0 Å². The molecule has 0 radical (unpaired) electrons. The predicted molar refractivity (Wildman–Crippen MR) is 106 cm³/mol. The molecule has 0 spiro atoms. The van der Waals surface area contributed by atoms with Gasteiger partial charge in [0.1, 0.15) is 0 Å². The van der Waals surface area contributed by atoms with Gasteiger partial charge in [0.15, 0.2) is 11.6 Å². The van der Waals surface area contributed by atoms with Crippen LogP contribution in [-0.2, 0) is 4.79 Å². The van der Waals surface area contributed by atoms with Gasteiger partial charge in [0.25, 0.3) is 0 Å². The molecule has 2 unspecified atom stereocenters. The summed E-state index contributed by atoms with van der Waals surface area (Å²) in [5.74, 6) is -0.444. The van der Waals surface area contributed by atoms with Crippen LogP contribution in [0.1, 0.15) is 34.3 Å². The van der Waals surface area contributed by atoms with Crippen molar-refractivity contribution in [2.24, 2.45) is 5.92 Å². The minimum absolute atomic E-state index is 0.0164. The molecule has 0 amide bonds. The second-order valence-electron chi connectivity index (χ2n) is 7.29. The van der Waals surface area contributed by atoms with Crippen LogP contribution in [0.2, 0.25) is 0 Å². The Balaban J connectivity index is 1.97. The highest BCUT2D eigenvalue weighted by molar-refractivity contribution is 6.19. The third kappa shape index (κ3) is 2.33. The zero-order chi connectivity index (χ0) is 18.5. The zero-order valence-electron chi connectivity index (χ0n) is 15.0. The van der Waals surface area contributed by atoms with E-state index in [0.29, 0.717) is 5.56 Å². The first-order valence-corrected chi connectivity index (χ1v) is 9.24. The topological polar surface area (TPSA) is 34.1 Å². The fourth-order valence-corrected chi connectivity index (χ4v) is 4.40. The Morgan fingerprint density at radius 2 is 1.48 bits per heavy atom. The lowest BCUT2D eigenvalue weighted by Gasteiger charge is -2.27. The van der Waals surface area contributed by atoms with Crippen LogP contribution >= 0.6 is 0 Å². The number of carbonyl (C=O) groups excluding carboxylic acids is 2. The molecule has 3 aromatic carbocycles. The zero-order valence-corrected chi connectivity index (χ0v) is 15.0. The van der Waals surface area contributed by atoms with E-state index >= 15 is 0 Å². The molecule has 0 aliphatic heterocycles. The van der Waals surface area contributed by atoms with Gasteiger partial charge in [-0.15, -0.1) is 0 Å². The highest BCUT2D eigenvalue weighted by Crippen LogP contribution is 2.33. The SMILES string of the molecule is CC1C=c2ccc3c(c2C(c2ccccc2)C1=O)C(=O)C=c1ccccc1=3. The molecule has 2 aliphatic rings. The van der Waals surface area contributed by atoms with Crippen LogP contribution in [0.4, 0.5) is 0 Å². The van der Waals surface area contributed by atoms with Crippen LogP contribution in [0, 0.1) is 16.4 Å². The van der Waals surface area contributed by atoms with Crippen molar-refractivity contribution >= 4 is 23.7 Å². The molecule has 0 bridgehead atoms. The molecule has 2 aliphatic carbocycles. The fraction of sp³-hybridized carbons (Fsp3) is 0.120. The summed E-state index contributed by atoms with van der Waals surface area (Å²) in [5, 5.41) is 3.91. The lowest BCUT2D eigenvalue weighted by atomic mass is 9.74. The fourth-order valence-electron chi connectivity index (χ4n) is 4.40. The molecule has 5 rings (SSSR count). The Morgan fingerprint density at radius 3 is 2.30 bits per heavy atom. The molecule has 0 fully saturated rings. The van der Waals surface area contributed by atoms with E-state index in [-0.39, 0.29) is 17.5 Å². The third-order valence-corrected chi connectivity index (χ3v) is 5.65. The van der Waals surface area contributed by atoms with Crippen molar-refractivity contribution in [2.45, 2.75) is 12.8 Å². The number of rotatable bonds is 1. The van der Waals surface area contributed by atoms with E-state index in [1.807, 2.05) is 73.7 Å². The summed E-state index contributed by atoms with van der Waals surface area (Å²) in [6, 6.07) is 21.8. The van der Waals surface area contributed by atoms with Crippen LogP contribution in [0.15, 0.2) is 66.7 Å². The lowest BCUT2D eigenvalue weighted by molar-refractivity contribution is -0.121. The Kier molecular flexibility index (Phi) is 3.48. The summed E-state index contributed by atoms with van der Waals surface area (Å²) >= 11 is 0. The predicted octanol–water partition coefficient (Wildman–Crippen LogP) is 3.08. The first kappa shape index (κ1) is 16.0. The second kappa shape index (κ2) is 5.88. The molecule has 0 saturated carbocycles. The van der Waals surface area contributed by atoms with Crippen LogP contribution in [0.25, 0.3) is 12.2 Å². The summed E-state index contributed by atoms with van der Waals surface area (Å²) in [5.41, 5.74) is 2.48. The monoisotopic (exact) mass is 350 g/mol. The molecule has 0 N–H and O–H groups in total. The van der Waals surface area contributed by atoms with Gasteiger partial charge in [0, 0.05) is 11.5 Å². The van der Waals surface area contributed by atoms with E-state index in [2.05, 4.69) is 6.07 Å². The minimum atomic E-state index is -0.404. The number of carbonyl (C=O) groups is 2. The highest BCUT2D eigenvalue weighted by Gasteiger charge is 2.33. The largest absolute Gasteiger partial charge is 0.298 e. The van der Waals surface area contributed by atoms with E-state index in [4.69, 9.17) is 0 Å². The highest BCUT2D eigenvalue weighted by atomic mass is 16.1. The molecule has 27 heavy (non-hydrogen) atoms. The van der Waals surface area contributed by atoms with Crippen LogP contribution in [-0.4, -0.2) is 11.6 Å². The molecule has 3 aromatic rings.